The molecule has 10 atom stereocenters. The first-order valence-corrected chi connectivity index (χ1v) is 8.13. The van der Waals surface area contributed by atoms with Crippen molar-refractivity contribution >= 4 is 0 Å². The van der Waals surface area contributed by atoms with Gasteiger partial charge in [-0.1, -0.05) is 0 Å². The minimum Gasteiger partial charge on any atom is -0.388 e. The van der Waals surface area contributed by atoms with Crippen LogP contribution in [-0.2, 0) is 9.47 Å². The molecule has 156 valence electrons. The van der Waals surface area contributed by atoms with E-state index in [0.29, 0.717) is 0 Å². The topological polar surface area (TPSA) is 232 Å². The molecule has 0 aromatic rings. The van der Waals surface area contributed by atoms with Crippen molar-refractivity contribution in [2.45, 2.75) is 74.3 Å². The number of ether oxygens (including phenoxy) is 2. The first-order valence-electron chi connectivity index (χ1n) is 8.13. The van der Waals surface area contributed by atoms with E-state index in [9.17, 15) is 40.9 Å². The monoisotopic (exact) mass is 386 g/mol. The Morgan fingerprint density at radius 3 is 1.15 bits per heavy atom. The molecule has 0 bridgehead atoms. The molecule has 0 aromatic carbocycles. The standard InChI is InChI=1S/2C7H15NO5/c2*1-3-4(9)5(10)6(11)7(12,2-8)13-3/h2*3-6,9-12H,2,8H2,1H3. The molecule has 12 heteroatoms. The average Bonchev–Trinajstić information content (AvgIpc) is 2.62. The number of hydrogen-bond donors (Lipinski definition) is 10. The van der Waals surface area contributed by atoms with Gasteiger partial charge in [0.25, 0.3) is 0 Å². The quantitative estimate of drug-likeness (QED) is 0.214. The van der Waals surface area contributed by atoms with Gasteiger partial charge in [0.2, 0.25) is 11.6 Å². The van der Waals surface area contributed by atoms with Gasteiger partial charge in [0.15, 0.2) is 0 Å². The Balaban J connectivity index is 0.000000260. The molecule has 2 saturated heterocycles. The normalized spacial score (nSPS) is 52.2. The summed E-state index contributed by atoms with van der Waals surface area (Å²) >= 11 is 0. The molecule has 0 spiro atoms. The highest BCUT2D eigenvalue weighted by molar-refractivity contribution is 4.96. The zero-order valence-electron chi connectivity index (χ0n) is 14.6. The fourth-order valence-electron chi connectivity index (χ4n) is 2.72. The first-order chi connectivity index (χ1) is 11.8. The lowest BCUT2D eigenvalue weighted by molar-refractivity contribution is -0.337. The highest BCUT2D eigenvalue weighted by Crippen LogP contribution is 2.27. The Bertz CT molecular complexity index is 419. The summed E-state index contributed by atoms with van der Waals surface area (Å²) in [4.78, 5) is 0. The van der Waals surface area contributed by atoms with E-state index in [1.165, 1.54) is 13.8 Å². The molecule has 2 aliphatic heterocycles. The van der Waals surface area contributed by atoms with Crippen LogP contribution >= 0.6 is 0 Å². The Hall–Kier alpha value is -0.480. The van der Waals surface area contributed by atoms with Crippen molar-refractivity contribution < 1.29 is 50.3 Å². The van der Waals surface area contributed by atoms with E-state index in [1.54, 1.807) is 0 Å². The average molecular weight is 386 g/mol. The van der Waals surface area contributed by atoms with Crippen LogP contribution < -0.4 is 11.5 Å². The van der Waals surface area contributed by atoms with E-state index in [0.717, 1.165) is 0 Å². The molecular weight excluding hydrogens is 356 g/mol. The second kappa shape index (κ2) is 8.68. The van der Waals surface area contributed by atoms with Gasteiger partial charge in [-0.2, -0.15) is 0 Å². The molecule has 10 unspecified atom stereocenters. The van der Waals surface area contributed by atoms with Crippen LogP contribution in [0.1, 0.15) is 13.8 Å². The summed E-state index contributed by atoms with van der Waals surface area (Å²) in [5, 5.41) is 74.8. The van der Waals surface area contributed by atoms with Crippen LogP contribution in [0, 0.1) is 0 Å². The molecule has 0 saturated carbocycles. The van der Waals surface area contributed by atoms with Crippen LogP contribution in [0.15, 0.2) is 0 Å². The van der Waals surface area contributed by atoms with Gasteiger partial charge in [-0.05, 0) is 13.8 Å². The second-order valence-electron chi connectivity index (χ2n) is 6.60. The fraction of sp³-hybridized carbons (Fsp3) is 1.00. The zero-order chi connectivity index (χ0) is 20.4. The van der Waals surface area contributed by atoms with Gasteiger partial charge in [0.1, 0.15) is 36.6 Å². The van der Waals surface area contributed by atoms with Gasteiger partial charge in [-0.15, -0.1) is 0 Å². The van der Waals surface area contributed by atoms with Crippen molar-refractivity contribution in [3.05, 3.63) is 0 Å². The molecule has 26 heavy (non-hydrogen) atoms. The van der Waals surface area contributed by atoms with E-state index in [4.69, 9.17) is 20.9 Å². The smallest absolute Gasteiger partial charge is 0.207 e. The van der Waals surface area contributed by atoms with Crippen LogP contribution in [0.4, 0.5) is 0 Å². The summed E-state index contributed by atoms with van der Waals surface area (Å²) in [5.74, 6) is -3.95. The Morgan fingerprint density at radius 1 is 0.654 bits per heavy atom. The lowest BCUT2D eigenvalue weighted by atomic mass is 9.93. The lowest BCUT2D eigenvalue weighted by Crippen LogP contribution is -2.66. The largest absolute Gasteiger partial charge is 0.388 e. The van der Waals surface area contributed by atoms with Crippen molar-refractivity contribution in [1.82, 2.24) is 0 Å². The van der Waals surface area contributed by atoms with E-state index < -0.39 is 60.4 Å². The van der Waals surface area contributed by atoms with Gasteiger partial charge in [0, 0.05) is 13.1 Å². The second-order valence-corrected chi connectivity index (χ2v) is 6.60. The Morgan fingerprint density at radius 2 is 0.923 bits per heavy atom. The van der Waals surface area contributed by atoms with Gasteiger partial charge >= 0.3 is 0 Å². The van der Waals surface area contributed by atoms with E-state index in [2.05, 4.69) is 0 Å². The summed E-state index contributed by atoms with van der Waals surface area (Å²) in [6.45, 7) is 2.26. The number of hydrogen-bond acceptors (Lipinski definition) is 12. The maximum absolute atomic E-state index is 9.54. The molecule has 0 aromatic heterocycles. The van der Waals surface area contributed by atoms with Gasteiger partial charge in [0.05, 0.1) is 12.2 Å². The maximum atomic E-state index is 9.54. The number of aliphatic hydroxyl groups is 8. The highest BCUT2D eigenvalue weighted by atomic mass is 16.7. The molecule has 2 rings (SSSR count). The van der Waals surface area contributed by atoms with E-state index >= 15 is 0 Å². The van der Waals surface area contributed by atoms with E-state index in [-0.39, 0.29) is 13.1 Å². The molecule has 0 amide bonds. The number of rotatable bonds is 2. The SMILES string of the molecule is CC1OC(O)(CN)C(O)C(O)C1O.CC1OC(O)(CN)C(O)C(O)C1O. The van der Waals surface area contributed by atoms with Crippen LogP contribution in [0.25, 0.3) is 0 Å². The molecule has 12 nitrogen and oxygen atoms in total. The summed E-state index contributed by atoms with van der Waals surface area (Å²) < 4.78 is 9.78. The molecule has 2 aliphatic rings. The number of nitrogens with two attached hydrogens (primary N) is 2. The third kappa shape index (κ3) is 4.49. The molecule has 0 aliphatic carbocycles. The lowest BCUT2D eigenvalue weighted by Gasteiger charge is -2.44. The summed E-state index contributed by atoms with van der Waals surface area (Å²) in [6, 6.07) is 0. The predicted molar refractivity (Wildman–Crippen MR) is 85.1 cm³/mol. The van der Waals surface area contributed by atoms with Crippen molar-refractivity contribution in [2.24, 2.45) is 11.5 Å². The van der Waals surface area contributed by atoms with Crippen molar-refractivity contribution in [1.29, 1.82) is 0 Å². The molecule has 2 fully saturated rings. The van der Waals surface area contributed by atoms with Crippen molar-refractivity contribution in [3.8, 4) is 0 Å². The minimum absolute atomic E-state index is 0.345. The summed E-state index contributed by atoms with van der Waals surface area (Å²) in [6.07, 6.45) is -10.1. The molecule has 2 heterocycles. The minimum atomic E-state index is -1.97. The van der Waals surface area contributed by atoms with Crippen LogP contribution in [0.3, 0.4) is 0 Å². The predicted octanol–water partition coefficient (Wildman–Crippen LogP) is -5.73. The first kappa shape index (κ1) is 23.6. The maximum Gasteiger partial charge on any atom is 0.207 e. The molecule has 12 N–H and O–H groups in total. The Labute approximate surface area is 150 Å². The number of aliphatic hydroxyl groups excluding tert-OH is 6. The van der Waals surface area contributed by atoms with Crippen LogP contribution in [0.2, 0.25) is 0 Å². The van der Waals surface area contributed by atoms with Crippen LogP contribution in [-0.4, -0.2) is 114 Å². The molecule has 0 radical (unpaired) electrons. The molecular formula is C14H30N2O10. The fourth-order valence-corrected chi connectivity index (χ4v) is 2.72. The summed E-state index contributed by atoms with van der Waals surface area (Å²) in [7, 11) is 0. The zero-order valence-corrected chi connectivity index (χ0v) is 14.6. The third-order valence-electron chi connectivity index (χ3n) is 4.60. The highest BCUT2D eigenvalue weighted by Gasteiger charge is 2.51. The van der Waals surface area contributed by atoms with Crippen molar-refractivity contribution in [2.75, 3.05) is 13.1 Å². The summed E-state index contributed by atoms with van der Waals surface area (Å²) in [5.41, 5.74) is 10.3. The van der Waals surface area contributed by atoms with Gasteiger partial charge < -0.3 is 61.8 Å². The Kier molecular flexibility index (Phi) is 7.87. The van der Waals surface area contributed by atoms with Crippen LogP contribution in [0.5, 0.6) is 0 Å². The van der Waals surface area contributed by atoms with E-state index in [1.807, 2.05) is 0 Å². The third-order valence-corrected chi connectivity index (χ3v) is 4.60. The van der Waals surface area contributed by atoms with Crippen molar-refractivity contribution in [3.63, 3.8) is 0 Å². The van der Waals surface area contributed by atoms with Gasteiger partial charge in [-0.25, -0.2) is 0 Å². The van der Waals surface area contributed by atoms with Gasteiger partial charge in [-0.3, -0.25) is 0 Å².